The molecule has 4 rings (SSSR count). The van der Waals surface area contributed by atoms with Gasteiger partial charge in [-0.25, -0.2) is 4.98 Å². The fraction of sp³-hybridized carbons (Fsp3) is 0.348. The molecule has 0 amide bonds. The summed E-state index contributed by atoms with van der Waals surface area (Å²) in [7, 11) is 0. The summed E-state index contributed by atoms with van der Waals surface area (Å²) in [4.78, 5) is 23.4. The SMILES string of the molecule is Cc1cc(=O)n(-c2ccc(N3CCC(Oc4cccnc4C)CC3)c(Cl)c2)c(C)n1. The standard InChI is InChI=1S/C23H25ClN4O2/c1-15-13-23(29)28(17(3)26-15)18-6-7-21(20(24)14-18)27-11-8-19(9-12-27)30-22-5-4-10-25-16(22)2/h4-7,10,13-14,19H,8-9,11-12H2,1-3H3. The quantitative estimate of drug-likeness (QED) is 0.626. The van der Waals surface area contributed by atoms with Crippen LogP contribution in [0.1, 0.15) is 30.1 Å². The van der Waals surface area contributed by atoms with E-state index in [-0.39, 0.29) is 11.7 Å². The molecule has 1 aliphatic heterocycles. The van der Waals surface area contributed by atoms with E-state index in [0.717, 1.165) is 48.7 Å². The number of aryl methyl sites for hydroxylation is 3. The molecule has 7 heteroatoms. The number of benzene rings is 1. The van der Waals surface area contributed by atoms with E-state index in [2.05, 4.69) is 14.9 Å². The van der Waals surface area contributed by atoms with Crippen molar-refractivity contribution >= 4 is 17.3 Å². The number of hydrogen-bond acceptors (Lipinski definition) is 5. The minimum absolute atomic E-state index is 0.104. The van der Waals surface area contributed by atoms with Crippen LogP contribution in [-0.2, 0) is 0 Å². The summed E-state index contributed by atoms with van der Waals surface area (Å²) >= 11 is 6.62. The minimum atomic E-state index is -0.104. The van der Waals surface area contributed by atoms with Crippen molar-refractivity contribution in [2.75, 3.05) is 18.0 Å². The van der Waals surface area contributed by atoms with Gasteiger partial charge in [-0.05, 0) is 51.1 Å². The summed E-state index contributed by atoms with van der Waals surface area (Å²) in [6.07, 6.45) is 3.76. The van der Waals surface area contributed by atoms with Crippen molar-refractivity contribution in [3.63, 3.8) is 0 Å². The van der Waals surface area contributed by atoms with Crippen LogP contribution in [0, 0.1) is 20.8 Å². The molecule has 3 heterocycles. The van der Waals surface area contributed by atoms with Gasteiger partial charge in [0.05, 0.1) is 22.1 Å². The van der Waals surface area contributed by atoms with Crippen LogP contribution in [0.4, 0.5) is 5.69 Å². The molecule has 0 aliphatic carbocycles. The largest absolute Gasteiger partial charge is 0.488 e. The van der Waals surface area contributed by atoms with E-state index in [1.807, 2.05) is 51.1 Å². The van der Waals surface area contributed by atoms with E-state index in [4.69, 9.17) is 16.3 Å². The lowest BCUT2D eigenvalue weighted by molar-refractivity contribution is 0.169. The molecule has 0 saturated carbocycles. The second-order valence-corrected chi connectivity index (χ2v) is 8.05. The molecular weight excluding hydrogens is 400 g/mol. The van der Waals surface area contributed by atoms with Gasteiger partial charge >= 0.3 is 0 Å². The molecule has 0 bridgehead atoms. The molecule has 0 atom stereocenters. The molecule has 6 nitrogen and oxygen atoms in total. The van der Waals surface area contributed by atoms with Gasteiger partial charge in [-0.15, -0.1) is 0 Å². The lowest BCUT2D eigenvalue weighted by Crippen LogP contribution is -2.38. The zero-order valence-corrected chi connectivity index (χ0v) is 18.2. The molecule has 3 aromatic rings. The summed E-state index contributed by atoms with van der Waals surface area (Å²) in [5, 5.41) is 0.627. The molecule has 2 aromatic heterocycles. The molecule has 30 heavy (non-hydrogen) atoms. The van der Waals surface area contributed by atoms with Crippen molar-refractivity contribution in [1.29, 1.82) is 0 Å². The van der Waals surface area contributed by atoms with Gasteiger partial charge in [0, 0.05) is 43.9 Å². The Morgan fingerprint density at radius 1 is 1.10 bits per heavy atom. The first-order valence-corrected chi connectivity index (χ1v) is 10.5. The van der Waals surface area contributed by atoms with Crippen LogP contribution >= 0.6 is 11.6 Å². The van der Waals surface area contributed by atoms with Gasteiger partial charge < -0.3 is 9.64 Å². The topological polar surface area (TPSA) is 60.2 Å². The molecule has 156 valence electrons. The summed E-state index contributed by atoms with van der Waals surface area (Å²) < 4.78 is 7.73. The number of piperidine rings is 1. The summed E-state index contributed by atoms with van der Waals surface area (Å²) in [6, 6.07) is 11.1. The van der Waals surface area contributed by atoms with E-state index in [1.54, 1.807) is 10.8 Å². The molecule has 0 spiro atoms. The number of rotatable bonds is 4. The van der Waals surface area contributed by atoms with Crippen molar-refractivity contribution in [1.82, 2.24) is 14.5 Å². The Hall–Kier alpha value is -2.86. The monoisotopic (exact) mass is 424 g/mol. The maximum Gasteiger partial charge on any atom is 0.258 e. The van der Waals surface area contributed by atoms with Crippen LogP contribution in [0.15, 0.2) is 47.4 Å². The Labute approximate surface area is 181 Å². The lowest BCUT2D eigenvalue weighted by Gasteiger charge is -2.34. The van der Waals surface area contributed by atoms with Gasteiger partial charge in [0.25, 0.3) is 5.56 Å². The minimum Gasteiger partial charge on any atom is -0.488 e. The van der Waals surface area contributed by atoms with E-state index >= 15 is 0 Å². The Morgan fingerprint density at radius 3 is 2.53 bits per heavy atom. The maximum atomic E-state index is 12.4. The third kappa shape index (κ3) is 4.19. The number of anilines is 1. The third-order valence-corrected chi connectivity index (χ3v) is 5.74. The first-order chi connectivity index (χ1) is 14.4. The highest BCUT2D eigenvalue weighted by molar-refractivity contribution is 6.33. The van der Waals surface area contributed by atoms with Crippen LogP contribution in [0.2, 0.25) is 5.02 Å². The van der Waals surface area contributed by atoms with E-state index < -0.39 is 0 Å². The number of ether oxygens (including phenoxy) is 1. The molecule has 1 aromatic carbocycles. The lowest BCUT2D eigenvalue weighted by atomic mass is 10.1. The van der Waals surface area contributed by atoms with Crippen LogP contribution in [-0.4, -0.2) is 33.7 Å². The summed E-state index contributed by atoms with van der Waals surface area (Å²) in [6.45, 7) is 7.31. The van der Waals surface area contributed by atoms with Gasteiger partial charge in [-0.3, -0.25) is 14.3 Å². The highest BCUT2D eigenvalue weighted by Crippen LogP contribution is 2.31. The van der Waals surface area contributed by atoms with Crippen LogP contribution in [0.3, 0.4) is 0 Å². The van der Waals surface area contributed by atoms with Crippen LogP contribution in [0.5, 0.6) is 5.75 Å². The number of nitrogens with zero attached hydrogens (tertiary/aromatic N) is 4. The Balaban J connectivity index is 1.47. The highest BCUT2D eigenvalue weighted by Gasteiger charge is 2.23. The fourth-order valence-corrected chi connectivity index (χ4v) is 4.23. The average molecular weight is 425 g/mol. The summed E-state index contributed by atoms with van der Waals surface area (Å²) in [5.41, 5.74) is 3.22. The maximum absolute atomic E-state index is 12.4. The molecule has 0 radical (unpaired) electrons. The number of pyridine rings is 1. The van der Waals surface area contributed by atoms with Gasteiger partial charge in [0.15, 0.2) is 0 Å². The predicted molar refractivity (Wildman–Crippen MR) is 119 cm³/mol. The van der Waals surface area contributed by atoms with Gasteiger partial charge in [0.1, 0.15) is 17.7 Å². The third-order valence-electron chi connectivity index (χ3n) is 5.44. The zero-order valence-electron chi connectivity index (χ0n) is 17.4. The van der Waals surface area contributed by atoms with Crippen molar-refractivity contribution in [3.8, 4) is 11.4 Å². The molecule has 1 saturated heterocycles. The van der Waals surface area contributed by atoms with Crippen molar-refractivity contribution < 1.29 is 4.74 Å². The predicted octanol–water partition coefficient (Wildman–Crippen LogP) is 4.25. The van der Waals surface area contributed by atoms with E-state index in [0.29, 0.717) is 16.5 Å². The van der Waals surface area contributed by atoms with Gasteiger partial charge in [-0.2, -0.15) is 0 Å². The Morgan fingerprint density at radius 2 is 1.87 bits per heavy atom. The smallest absolute Gasteiger partial charge is 0.258 e. The molecular formula is C23H25ClN4O2. The highest BCUT2D eigenvalue weighted by atomic mass is 35.5. The Kier molecular flexibility index (Phi) is 5.77. The van der Waals surface area contributed by atoms with Crippen molar-refractivity contribution in [3.05, 3.63) is 75.2 Å². The van der Waals surface area contributed by atoms with E-state index in [1.165, 1.54) is 6.07 Å². The summed E-state index contributed by atoms with van der Waals surface area (Å²) in [5.74, 6) is 1.50. The number of aromatic nitrogens is 3. The van der Waals surface area contributed by atoms with Gasteiger partial charge in [0.2, 0.25) is 0 Å². The first-order valence-electron chi connectivity index (χ1n) is 10.1. The molecule has 1 aliphatic rings. The van der Waals surface area contributed by atoms with Crippen LogP contribution in [0.25, 0.3) is 5.69 Å². The molecule has 0 unspecified atom stereocenters. The molecule has 1 fully saturated rings. The van der Waals surface area contributed by atoms with Gasteiger partial charge in [-0.1, -0.05) is 11.6 Å². The normalized spacial score (nSPS) is 14.7. The van der Waals surface area contributed by atoms with E-state index in [9.17, 15) is 4.79 Å². The van der Waals surface area contributed by atoms with Crippen LogP contribution < -0.4 is 15.2 Å². The van der Waals surface area contributed by atoms with Crippen molar-refractivity contribution in [2.45, 2.75) is 39.7 Å². The zero-order chi connectivity index (χ0) is 21.3. The van der Waals surface area contributed by atoms with Crippen molar-refractivity contribution in [2.24, 2.45) is 0 Å². The fourth-order valence-electron chi connectivity index (χ4n) is 3.93. The second kappa shape index (κ2) is 8.48. The average Bonchev–Trinajstić information content (AvgIpc) is 2.70. The number of hydrogen-bond donors (Lipinski definition) is 0. The number of halogens is 1. The Bertz CT molecular complexity index is 1120. The first kappa shape index (κ1) is 20.4. The molecule has 0 N–H and O–H groups in total. The second-order valence-electron chi connectivity index (χ2n) is 7.65.